The highest BCUT2D eigenvalue weighted by Crippen LogP contribution is 2.24. The molecule has 16 heavy (non-hydrogen) atoms. The van der Waals surface area contributed by atoms with E-state index in [1.807, 2.05) is 6.92 Å². The largest absolute Gasteiger partial charge is 0.358 e. The molecule has 1 heterocycles. The van der Waals surface area contributed by atoms with Crippen molar-refractivity contribution in [2.75, 3.05) is 0 Å². The molecule has 2 aromatic rings. The number of rotatable bonds is 2. The van der Waals surface area contributed by atoms with E-state index in [1.54, 1.807) is 0 Å². The Balaban J connectivity index is 2.60. The molecular formula is C15H17N. The maximum Gasteiger partial charge on any atom is 0.0464 e. The average Bonchev–Trinajstić information content (AvgIpc) is 2.50. The van der Waals surface area contributed by atoms with Crippen molar-refractivity contribution < 1.29 is 0 Å². The third-order valence-electron chi connectivity index (χ3n) is 2.73. The van der Waals surface area contributed by atoms with E-state index >= 15 is 0 Å². The topological polar surface area (TPSA) is 15.8 Å². The van der Waals surface area contributed by atoms with Crippen LogP contribution in [0.25, 0.3) is 17.0 Å². The van der Waals surface area contributed by atoms with E-state index < -0.39 is 0 Å². The second-order valence-corrected chi connectivity index (χ2v) is 4.39. The van der Waals surface area contributed by atoms with Crippen LogP contribution in [0, 0.1) is 13.8 Å². The lowest BCUT2D eigenvalue weighted by atomic mass is 10.1. The molecule has 0 atom stereocenters. The van der Waals surface area contributed by atoms with E-state index in [1.165, 1.54) is 27.7 Å². The zero-order chi connectivity index (χ0) is 11.7. The van der Waals surface area contributed by atoms with Crippen LogP contribution in [0.5, 0.6) is 0 Å². The molecule has 0 bridgehead atoms. The Morgan fingerprint density at radius 2 is 2.06 bits per heavy atom. The predicted octanol–water partition coefficient (Wildman–Crippen LogP) is 4.37. The van der Waals surface area contributed by atoms with Crippen LogP contribution in [0.3, 0.4) is 0 Å². The summed E-state index contributed by atoms with van der Waals surface area (Å²) >= 11 is 0. The molecule has 1 aromatic heterocycles. The van der Waals surface area contributed by atoms with Gasteiger partial charge in [-0.15, -0.1) is 0 Å². The zero-order valence-corrected chi connectivity index (χ0v) is 10.1. The Morgan fingerprint density at radius 3 is 2.75 bits per heavy atom. The molecule has 0 amide bonds. The highest BCUT2D eigenvalue weighted by atomic mass is 14.7. The Kier molecular flexibility index (Phi) is 2.69. The van der Waals surface area contributed by atoms with Gasteiger partial charge in [0, 0.05) is 22.2 Å². The van der Waals surface area contributed by atoms with E-state index in [4.69, 9.17) is 0 Å². The highest BCUT2D eigenvalue weighted by molar-refractivity contribution is 5.91. The molecule has 0 spiro atoms. The molecule has 2 rings (SSSR count). The van der Waals surface area contributed by atoms with Gasteiger partial charge in [0.2, 0.25) is 0 Å². The van der Waals surface area contributed by atoms with Crippen LogP contribution in [0.2, 0.25) is 0 Å². The summed E-state index contributed by atoms with van der Waals surface area (Å²) in [5.74, 6) is 0. The van der Waals surface area contributed by atoms with Gasteiger partial charge in [0.05, 0.1) is 0 Å². The predicted molar refractivity (Wildman–Crippen MR) is 71.6 cm³/mol. The van der Waals surface area contributed by atoms with E-state index in [-0.39, 0.29) is 0 Å². The van der Waals surface area contributed by atoms with Crippen LogP contribution in [0.15, 0.2) is 36.4 Å². The molecule has 0 aliphatic rings. The molecule has 0 saturated carbocycles. The monoisotopic (exact) mass is 211 g/mol. The molecule has 82 valence electrons. The third kappa shape index (κ3) is 1.94. The molecule has 1 heteroatoms. The molecule has 0 unspecified atom stereocenters. The van der Waals surface area contributed by atoms with Gasteiger partial charge in [-0.3, -0.25) is 0 Å². The van der Waals surface area contributed by atoms with Crippen molar-refractivity contribution in [1.82, 2.24) is 4.98 Å². The number of aromatic amines is 1. The van der Waals surface area contributed by atoms with Crippen molar-refractivity contribution in [3.8, 4) is 0 Å². The lowest BCUT2D eigenvalue weighted by Crippen LogP contribution is -1.74. The fraction of sp³-hybridized carbons (Fsp3) is 0.200. The van der Waals surface area contributed by atoms with Gasteiger partial charge in [-0.05, 0) is 32.4 Å². The number of aryl methyl sites for hydroxylation is 2. The summed E-state index contributed by atoms with van der Waals surface area (Å²) in [6.07, 6.45) is 4.18. The van der Waals surface area contributed by atoms with Gasteiger partial charge < -0.3 is 4.98 Å². The Bertz CT molecular complexity index is 570. The first-order valence-electron chi connectivity index (χ1n) is 5.50. The molecule has 1 nitrogen and oxygen atoms in total. The van der Waals surface area contributed by atoms with E-state index in [0.29, 0.717) is 0 Å². The van der Waals surface area contributed by atoms with Crippen LogP contribution in [-0.4, -0.2) is 4.98 Å². The van der Waals surface area contributed by atoms with Gasteiger partial charge in [-0.25, -0.2) is 0 Å². The lowest BCUT2D eigenvalue weighted by molar-refractivity contribution is 1.29. The lowest BCUT2D eigenvalue weighted by Gasteiger charge is -1.95. The maximum absolute atomic E-state index is 3.88. The summed E-state index contributed by atoms with van der Waals surface area (Å²) < 4.78 is 0. The number of nitrogens with one attached hydrogen (secondary N) is 1. The number of benzene rings is 1. The summed E-state index contributed by atoms with van der Waals surface area (Å²) in [6, 6.07) is 6.50. The number of hydrogen-bond donors (Lipinski definition) is 1. The summed E-state index contributed by atoms with van der Waals surface area (Å²) in [5, 5.41) is 1.28. The van der Waals surface area contributed by atoms with Gasteiger partial charge >= 0.3 is 0 Å². The maximum atomic E-state index is 3.88. The van der Waals surface area contributed by atoms with Gasteiger partial charge in [-0.1, -0.05) is 36.4 Å². The van der Waals surface area contributed by atoms with Crippen molar-refractivity contribution in [3.05, 3.63) is 53.2 Å². The molecule has 1 N–H and O–H groups in total. The van der Waals surface area contributed by atoms with Crippen LogP contribution in [-0.2, 0) is 0 Å². The minimum absolute atomic E-state index is 1.07. The van der Waals surface area contributed by atoms with Gasteiger partial charge in [0.15, 0.2) is 0 Å². The third-order valence-corrected chi connectivity index (χ3v) is 2.73. The van der Waals surface area contributed by atoms with Crippen molar-refractivity contribution >= 4 is 17.0 Å². The second-order valence-electron chi connectivity index (χ2n) is 4.39. The van der Waals surface area contributed by atoms with Crippen molar-refractivity contribution in [2.45, 2.75) is 20.8 Å². The van der Waals surface area contributed by atoms with Gasteiger partial charge in [0.25, 0.3) is 0 Å². The SMILES string of the molecule is C=C(C)/C=C\c1c(C)[nH]c2cc(C)ccc12. The first kappa shape index (κ1) is 10.7. The van der Waals surface area contributed by atoms with Gasteiger partial charge in [-0.2, -0.15) is 0 Å². The number of allylic oxidation sites excluding steroid dienone is 2. The summed E-state index contributed by atoms with van der Waals surface area (Å²) in [4.78, 5) is 3.41. The van der Waals surface area contributed by atoms with E-state index in [9.17, 15) is 0 Å². The fourth-order valence-corrected chi connectivity index (χ4v) is 1.91. The molecule has 1 aromatic carbocycles. The Labute approximate surface area is 96.5 Å². The zero-order valence-electron chi connectivity index (χ0n) is 10.1. The molecule has 0 saturated heterocycles. The van der Waals surface area contributed by atoms with Crippen LogP contribution in [0.4, 0.5) is 0 Å². The number of fused-ring (bicyclic) bond motifs is 1. The summed E-state index contributed by atoms with van der Waals surface area (Å²) in [6.45, 7) is 10.1. The minimum atomic E-state index is 1.07. The standard InChI is InChI=1S/C15H17N/c1-10(2)5-7-13-12(4)16-15-9-11(3)6-8-14(13)15/h5-9,16H,1H2,2-4H3/b7-5-. The molecule has 0 aliphatic carbocycles. The quantitative estimate of drug-likeness (QED) is 0.710. The van der Waals surface area contributed by atoms with Gasteiger partial charge in [0.1, 0.15) is 0 Å². The molecule has 0 fully saturated rings. The summed E-state index contributed by atoms with van der Waals surface area (Å²) in [5.41, 5.74) is 6.03. The number of hydrogen-bond acceptors (Lipinski definition) is 0. The number of H-pyrrole nitrogens is 1. The minimum Gasteiger partial charge on any atom is -0.358 e. The molecule has 0 aliphatic heterocycles. The van der Waals surface area contributed by atoms with Crippen LogP contribution < -0.4 is 0 Å². The normalized spacial score (nSPS) is 11.4. The van der Waals surface area contributed by atoms with Crippen molar-refractivity contribution in [3.63, 3.8) is 0 Å². The van der Waals surface area contributed by atoms with Crippen molar-refractivity contribution in [1.29, 1.82) is 0 Å². The van der Waals surface area contributed by atoms with E-state index in [2.05, 4.69) is 55.8 Å². The summed E-state index contributed by atoms with van der Waals surface area (Å²) in [7, 11) is 0. The van der Waals surface area contributed by atoms with Crippen LogP contribution >= 0.6 is 0 Å². The first-order chi connectivity index (χ1) is 7.58. The molecular weight excluding hydrogens is 194 g/mol. The second kappa shape index (κ2) is 4.01. The fourth-order valence-electron chi connectivity index (χ4n) is 1.91. The average molecular weight is 211 g/mol. The highest BCUT2D eigenvalue weighted by Gasteiger charge is 2.04. The van der Waals surface area contributed by atoms with Crippen LogP contribution in [0.1, 0.15) is 23.7 Å². The Hall–Kier alpha value is -1.76. The van der Waals surface area contributed by atoms with E-state index in [0.717, 1.165) is 5.57 Å². The smallest absolute Gasteiger partial charge is 0.0464 e. The first-order valence-corrected chi connectivity index (χ1v) is 5.50. The Morgan fingerprint density at radius 1 is 1.31 bits per heavy atom. The van der Waals surface area contributed by atoms with Crippen molar-refractivity contribution in [2.24, 2.45) is 0 Å². The number of aromatic nitrogens is 1. The molecule has 0 radical (unpaired) electrons.